The molecule has 0 radical (unpaired) electrons. The molecule has 14 heavy (non-hydrogen) atoms. The van der Waals surface area contributed by atoms with Crippen molar-refractivity contribution in [3.05, 3.63) is 40.0 Å². The quantitative estimate of drug-likeness (QED) is 0.698. The summed E-state index contributed by atoms with van der Waals surface area (Å²) in [6, 6.07) is 8.60. The van der Waals surface area contributed by atoms with Crippen molar-refractivity contribution in [1.29, 1.82) is 0 Å². The fourth-order valence-corrected chi connectivity index (χ4v) is 1.75. The molecular formula is C12H13NS. The molecule has 72 valence electrons. The first-order chi connectivity index (χ1) is 6.70. The molecule has 2 rings (SSSR count). The van der Waals surface area contributed by atoms with E-state index in [0.717, 1.165) is 22.1 Å². The Balaban J connectivity index is 2.77. The summed E-state index contributed by atoms with van der Waals surface area (Å²) in [5.74, 6) is 0. The molecule has 1 heterocycles. The lowest BCUT2D eigenvalue weighted by atomic mass is 10.1. The van der Waals surface area contributed by atoms with Crippen LogP contribution in [0.1, 0.15) is 18.1 Å². The van der Waals surface area contributed by atoms with Crippen LogP contribution in [0.4, 0.5) is 0 Å². The second kappa shape index (κ2) is 3.54. The van der Waals surface area contributed by atoms with Gasteiger partial charge in [0.25, 0.3) is 0 Å². The topological polar surface area (TPSA) is 15.8 Å². The van der Waals surface area contributed by atoms with E-state index in [1.807, 2.05) is 6.92 Å². The highest BCUT2D eigenvalue weighted by molar-refractivity contribution is 7.71. The molecule has 2 heteroatoms. The molecule has 0 saturated carbocycles. The van der Waals surface area contributed by atoms with Crippen LogP contribution < -0.4 is 0 Å². The zero-order valence-corrected chi connectivity index (χ0v) is 9.24. The molecule has 0 spiro atoms. The SMILES string of the molecule is CCc1ccc2[nH]c(=S)c(C)cc2c1. The van der Waals surface area contributed by atoms with Crippen molar-refractivity contribution in [3.8, 4) is 0 Å². The van der Waals surface area contributed by atoms with Gasteiger partial charge < -0.3 is 4.98 Å². The number of hydrogen-bond acceptors (Lipinski definition) is 1. The molecule has 0 amide bonds. The maximum atomic E-state index is 5.19. The highest BCUT2D eigenvalue weighted by atomic mass is 32.1. The zero-order chi connectivity index (χ0) is 10.1. The minimum absolute atomic E-state index is 0.835. The van der Waals surface area contributed by atoms with Crippen molar-refractivity contribution >= 4 is 23.1 Å². The zero-order valence-electron chi connectivity index (χ0n) is 8.42. The third-order valence-electron chi connectivity index (χ3n) is 2.50. The minimum atomic E-state index is 0.835. The van der Waals surface area contributed by atoms with E-state index >= 15 is 0 Å². The van der Waals surface area contributed by atoms with Crippen LogP contribution >= 0.6 is 12.2 Å². The van der Waals surface area contributed by atoms with Gasteiger partial charge in [0.1, 0.15) is 4.64 Å². The Morgan fingerprint density at radius 1 is 1.29 bits per heavy atom. The van der Waals surface area contributed by atoms with E-state index < -0.39 is 0 Å². The van der Waals surface area contributed by atoms with Gasteiger partial charge in [-0.1, -0.05) is 25.2 Å². The van der Waals surface area contributed by atoms with Crippen molar-refractivity contribution in [2.75, 3.05) is 0 Å². The summed E-state index contributed by atoms with van der Waals surface area (Å²) in [6.45, 7) is 4.20. The fourth-order valence-electron chi connectivity index (χ4n) is 1.59. The van der Waals surface area contributed by atoms with E-state index in [1.165, 1.54) is 10.9 Å². The summed E-state index contributed by atoms with van der Waals surface area (Å²) in [5, 5.41) is 1.25. The van der Waals surface area contributed by atoms with Gasteiger partial charge in [-0.05, 0) is 48.1 Å². The maximum absolute atomic E-state index is 5.19. The standard InChI is InChI=1S/C12H13NS/c1-3-9-4-5-11-10(7-9)6-8(2)12(14)13-11/h4-7H,3H2,1-2H3,(H,13,14). The van der Waals surface area contributed by atoms with Crippen LogP contribution in [0, 0.1) is 11.6 Å². The largest absolute Gasteiger partial charge is 0.346 e. The Bertz CT molecular complexity index is 525. The Labute approximate surface area is 88.8 Å². The van der Waals surface area contributed by atoms with Gasteiger partial charge in [0.15, 0.2) is 0 Å². The van der Waals surface area contributed by atoms with E-state index in [-0.39, 0.29) is 0 Å². The number of aromatic amines is 1. The molecule has 0 aliphatic heterocycles. The number of fused-ring (bicyclic) bond motifs is 1. The first kappa shape index (κ1) is 9.41. The average molecular weight is 203 g/mol. The molecule has 2 aromatic rings. The van der Waals surface area contributed by atoms with Crippen LogP contribution in [0.5, 0.6) is 0 Å². The van der Waals surface area contributed by atoms with E-state index in [4.69, 9.17) is 12.2 Å². The second-order valence-electron chi connectivity index (χ2n) is 3.56. The predicted molar refractivity (Wildman–Crippen MR) is 63.2 cm³/mol. The molecule has 0 unspecified atom stereocenters. The lowest BCUT2D eigenvalue weighted by Gasteiger charge is -2.02. The number of benzene rings is 1. The predicted octanol–water partition coefficient (Wildman–Crippen LogP) is 3.77. The van der Waals surface area contributed by atoms with E-state index in [0.29, 0.717) is 0 Å². The number of aryl methyl sites for hydroxylation is 2. The van der Waals surface area contributed by atoms with Crippen LogP contribution in [0.2, 0.25) is 0 Å². The second-order valence-corrected chi connectivity index (χ2v) is 3.96. The van der Waals surface area contributed by atoms with Crippen molar-refractivity contribution in [2.24, 2.45) is 0 Å². The molecule has 1 N–H and O–H groups in total. The van der Waals surface area contributed by atoms with E-state index in [1.54, 1.807) is 0 Å². The van der Waals surface area contributed by atoms with Gasteiger partial charge in [0.05, 0.1) is 0 Å². The Kier molecular flexibility index (Phi) is 2.38. The number of hydrogen-bond donors (Lipinski definition) is 1. The third-order valence-corrected chi connectivity index (χ3v) is 2.93. The molecule has 1 aromatic carbocycles. The lowest BCUT2D eigenvalue weighted by molar-refractivity contribution is 1.14. The number of aromatic nitrogens is 1. The molecule has 0 atom stereocenters. The summed E-state index contributed by atoms with van der Waals surface area (Å²) in [6.07, 6.45) is 1.07. The number of pyridine rings is 1. The Morgan fingerprint density at radius 3 is 2.79 bits per heavy atom. The van der Waals surface area contributed by atoms with Crippen LogP contribution in [0.3, 0.4) is 0 Å². The van der Waals surface area contributed by atoms with Gasteiger partial charge >= 0.3 is 0 Å². The van der Waals surface area contributed by atoms with Gasteiger partial charge in [0.2, 0.25) is 0 Å². The summed E-state index contributed by atoms with van der Waals surface area (Å²) >= 11 is 5.19. The molecule has 0 bridgehead atoms. The fraction of sp³-hybridized carbons (Fsp3) is 0.250. The van der Waals surface area contributed by atoms with Crippen LogP contribution in [0.25, 0.3) is 10.9 Å². The molecule has 0 aliphatic rings. The molecule has 0 aliphatic carbocycles. The highest BCUT2D eigenvalue weighted by Gasteiger charge is 1.97. The van der Waals surface area contributed by atoms with Crippen LogP contribution in [-0.4, -0.2) is 4.98 Å². The molecular weight excluding hydrogens is 190 g/mol. The normalized spacial score (nSPS) is 10.7. The van der Waals surface area contributed by atoms with E-state index in [2.05, 4.69) is 36.2 Å². The van der Waals surface area contributed by atoms with Crippen LogP contribution in [-0.2, 0) is 6.42 Å². The summed E-state index contributed by atoms with van der Waals surface area (Å²) < 4.78 is 0.835. The number of rotatable bonds is 1. The molecule has 1 aromatic heterocycles. The van der Waals surface area contributed by atoms with Gasteiger partial charge in [-0.25, -0.2) is 0 Å². The van der Waals surface area contributed by atoms with Crippen LogP contribution in [0.15, 0.2) is 24.3 Å². The van der Waals surface area contributed by atoms with Gasteiger partial charge in [-0.2, -0.15) is 0 Å². The van der Waals surface area contributed by atoms with Gasteiger partial charge in [0, 0.05) is 5.52 Å². The summed E-state index contributed by atoms with van der Waals surface area (Å²) in [5.41, 5.74) is 3.63. The lowest BCUT2D eigenvalue weighted by Crippen LogP contribution is -1.86. The van der Waals surface area contributed by atoms with Crippen molar-refractivity contribution in [2.45, 2.75) is 20.3 Å². The number of H-pyrrole nitrogens is 1. The smallest absolute Gasteiger partial charge is 0.106 e. The van der Waals surface area contributed by atoms with Crippen molar-refractivity contribution in [1.82, 2.24) is 4.98 Å². The highest BCUT2D eigenvalue weighted by Crippen LogP contribution is 2.16. The molecule has 0 saturated heterocycles. The average Bonchev–Trinajstić information content (AvgIpc) is 2.19. The monoisotopic (exact) mass is 203 g/mol. The first-order valence-electron chi connectivity index (χ1n) is 4.83. The molecule has 1 nitrogen and oxygen atoms in total. The maximum Gasteiger partial charge on any atom is 0.106 e. The Hall–Kier alpha value is -1.15. The van der Waals surface area contributed by atoms with Gasteiger partial charge in [-0.3, -0.25) is 0 Å². The minimum Gasteiger partial charge on any atom is -0.346 e. The summed E-state index contributed by atoms with van der Waals surface area (Å²) in [7, 11) is 0. The first-order valence-corrected chi connectivity index (χ1v) is 5.24. The third kappa shape index (κ3) is 1.58. The number of nitrogens with one attached hydrogen (secondary N) is 1. The van der Waals surface area contributed by atoms with E-state index in [9.17, 15) is 0 Å². The van der Waals surface area contributed by atoms with Gasteiger partial charge in [-0.15, -0.1) is 0 Å². The van der Waals surface area contributed by atoms with Crippen molar-refractivity contribution in [3.63, 3.8) is 0 Å². The van der Waals surface area contributed by atoms with Crippen molar-refractivity contribution < 1.29 is 0 Å². The summed E-state index contributed by atoms with van der Waals surface area (Å²) in [4.78, 5) is 3.22. The molecule has 0 fully saturated rings. The Morgan fingerprint density at radius 2 is 2.07 bits per heavy atom.